The molecule has 0 saturated carbocycles. The molecule has 0 atom stereocenters. The normalized spacial score (nSPS) is 10.3. The van der Waals surface area contributed by atoms with Crippen molar-refractivity contribution in [1.82, 2.24) is 0 Å². The minimum atomic E-state index is -0.324. The number of aryl methyl sites for hydroxylation is 3. The summed E-state index contributed by atoms with van der Waals surface area (Å²) in [7, 11) is 1.40. The summed E-state index contributed by atoms with van der Waals surface area (Å²) in [5.74, 6) is -0.324. The van der Waals surface area contributed by atoms with Gasteiger partial charge in [0.1, 0.15) is 0 Å². The maximum absolute atomic E-state index is 11.7. The molecule has 3 nitrogen and oxygen atoms in total. The standard InChI is InChI=1S/C18H21NO2/c1-12-9-14(3)15(10-13(12)2)11-19-17-8-6-5-7-16(17)18(20)21-4/h5-10,19H,11H2,1-4H3. The molecule has 2 aromatic rings. The van der Waals surface area contributed by atoms with Gasteiger partial charge in [-0.2, -0.15) is 0 Å². The molecular formula is C18H21NO2. The number of para-hydroxylation sites is 1. The quantitative estimate of drug-likeness (QED) is 0.862. The van der Waals surface area contributed by atoms with Crippen molar-refractivity contribution in [3.05, 3.63) is 64.2 Å². The van der Waals surface area contributed by atoms with Gasteiger partial charge in [0, 0.05) is 12.2 Å². The Morgan fingerprint density at radius 3 is 2.43 bits per heavy atom. The lowest BCUT2D eigenvalue weighted by Gasteiger charge is -2.14. The van der Waals surface area contributed by atoms with Crippen LogP contribution in [0.2, 0.25) is 0 Å². The minimum Gasteiger partial charge on any atom is -0.465 e. The lowest BCUT2D eigenvalue weighted by atomic mass is 10.0. The van der Waals surface area contributed by atoms with Gasteiger partial charge in [-0.15, -0.1) is 0 Å². The molecule has 0 bridgehead atoms. The van der Waals surface area contributed by atoms with E-state index < -0.39 is 0 Å². The Balaban J connectivity index is 2.21. The van der Waals surface area contributed by atoms with Gasteiger partial charge in [0.15, 0.2) is 0 Å². The SMILES string of the molecule is COC(=O)c1ccccc1NCc1cc(C)c(C)cc1C. The van der Waals surface area contributed by atoms with E-state index in [1.807, 2.05) is 18.2 Å². The predicted molar refractivity (Wildman–Crippen MR) is 85.8 cm³/mol. The van der Waals surface area contributed by atoms with Crippen molar-refractivity contribution in [3.63, 3.8) is 0 Å². The summed E-state index contributed by atoms with van der Waals surface area (Å²) in [6, 6.07) is 11.8. The Bertz CT molecular complexity index is 662. The van der Waals surface area contributed by atoms with Crippen molar-refractivity contribution in [3.8, 4) is 0 Å². The minimum absolute atomic E-state index is 0.324. The summed E-state index contributed by atoms with van der Waals surface area (Å²) in [4.78, 5) is 11.7. The highest BCUT2D eigenvalue weighted by molar-refractivity contribution is 5.95. The van der Waals surface area contributed by atoms with Gasteiger partial charge in [-0.1, -0.05) is 24.3 Å². The first-order valence-electron chi connectivity index (χ1n) is 7.01. The Kier molecular flexibility index (Phi) is 4.63. The first-order chi connectivity index (χ1) is 10.0. The first-order valence-corrected chi connectivity index (χ1v) is 7.01. The van der Waals surface area contributed by atoms with Crippen LogP contribution in [0.15, 0.2) is 36.4 Å². The van der Waals surface area contributed by atoms with Gasteiger partial charge in [-0.05, 0) is 55.2 Å². The summed E-state index contributed by atoms with van der Waals surface area (Å²) in [6.07, 6.45) is 0. The molecule has 0 aliphatic heterocycles. The number of esters is 1. The molecule has 0 fully saturated rings. The monoisotopic (exact) mass is 283 g/mol. The van der Waals surface area contributed by atoms with Crippen LogP contribution < -0.4 is 5.32 Å². The molecule has 0 heterocycles. The van der Waals surface area contributed by atoms with Crippen molar-refractivity contribution >= 4 is 11.7 Å². The van der Waals surface area contributed by atoms with Crippen molar-refractivity contribution < 1.29 is 9.53 Å². The maximum atomic E-state index is 11.7. The third-order valence-electron chi connectivity index (χ3n) is 3.75. The van der Waals surface area contributed by atoms with E-state index >= 15 is 0 Å². The summed E-state index contributed by atoms with van der Waals surface area (Å²) < 4.78 is 4.81. The number of anilines is 1. The third-order valence-corrected chi connectivity index (χ3v) is 3.75. The van der Waals surface area contributed by atoms with Gasteiger partial charge in [-0.3, -0.25) is 0 Å². The second kappa shape index (κ2) is 6.44. The Morgan fingerprint density at radius 1 is 1.05 bits per heavy atom. The average Bonchev–Trinajstić information content (AvgIpc) is 2.49. The molecule has 0 radical (unpaired) electrons. The molecule has 0 saturated heterocycles. The lowest BCUT2D eigenvalue weighted by molar-refractivity contribution is 0.0602. The Hall–Kier alpha value is -2.29. The molecule has 0 unspecified atom stereocenters. The van der Waals surface area contributed by atoms with Crippen molar-refractivity contribution in [2.45, 2.75) is 27.3 Å². The highest BCUT2D eigenvalue weighted by Gasteiger charge is 2.11. The summed E-state index contributed by atoms with van der Waals surface area (Å²) >= 11 is 0. The second-order valence-corrected chi connectivity index (χ2v) is 5.25. The fraction of sp³-hybridized carbons (Fsp3) is 0.278. The molecule has 0 amide bonds. The average molecular weight is 283 g/mol. The molecule has 1 N–H and O–H groups in total. The molecular weight excluding hydrogens is 262 g/mol. The van der Waals surface area contributed by atoms with Crippen LogP contribution in [0.1, 0.15) is 32.6 Å². The number of methoxy groups -OCH3 is 1. The number of carbonyl (C=O) groups is 1. The highest BCUT2D eigenvalue weighted by Crippen LogP contribution is 2.20. The zero-order chi connectivity index (χ0) is 15.4. The van der Waals surface area contributed by atoms with Gasteiger partial charge >= 0.3 is 5.97 Å². The van der Waals surface area contributed by atoms with Crippen LogP contribution in [0.25, 0.3) is 0 Å². The molecule has 0 aliphatic rings. The van der Waals surface area contributed by atoms with E-state index in [0.717, 1.165) is 5.69 Å². The van der Waals surface area contributed by atoms with Crippen LogP contribution in [-0.4, -0.2) is 13.1 Å². The predicted octanol–water partition coefficient (Wildman–Crippen LogP) is 4.01. The zero-order valence-corrected chi connectivity index (χ0v) is 13.0. The van der Waals surface area contributed by atoms with Crippen LogP contribution in [0.4, 0.5) is 5.69 Å². The molecule has 0 spiro atoms. The van der Waals surface area contributed by atoms with E-state index in [-0.39, 0.29) is 5.97 Å². The molecule has 2 rings (SSSR count). The van der Waals surface area contributed by atoms with Gasteiger partial charge < -0.3 is 10.1 Å². The van der Waals surface area contributed by atoms with E-state index in [0.29, 0.717) is 12.1 Å². The Labute approximate surface area is 126 Å². The lowest BCUT2D eigenvalue weighted by Crippen LogP contribution is -2.09. The third kappa shape index (κ3) is 3.43. The van der Waals surface area contributed by atoms with Gasteiger partial charge in [0.2, 0.25) is 0 Å². The van der Waals surface area contributed by atoms with Gasteiger partial charge in [0.25, 0.3) is 0 Å². The van der Waals surface area contributed by atoms with Crippen molar-refractivity contribution in [1.29, 1.82) is 0 Å². The van der Waals surface area contributed by atoms with Gasteiger partial charge in [0.05, 0.1) is 12.7 Å². The van der Waals surface area contributed by atoms with Crippen LogP contribution in [0.3, 0.4) is 0 Å². The number of nitrogens with one attached hydrogen (secondary N) is 1. The smallest absolute Gasteiger partial charge is 0.339 e. The summed E-state index contributed by atoms with van der Waals surface area (Å²) in [5, 5.41) is 3.33. The molecule has 21 heavy (non-hydrogen) atoms. The van der Waals surface area contributed by atoms with Crippen molar-refractivity contribution in [2.24, 2.45) is 0 Å². The summed E-state index contributed by atoms with van der Waals surface area (Å²) in [6.45, 7) is 7.02. The van der Waals surface area contributed by atoms with E-state index in [1.54, 1.807) is 6.07 Å². The number of carbonyl (C=O) groups excluding carboxylic acids is 1. The largest absolute Gasteiger partial charge is 0.465 e. The van der Waals surface area contributed by atoms with Gasteiger partial charge in [-0.25, -0.2) is 4.79 Å². The molecule has 3 heteroatoms. The number of ether oxygens (including phenoxy) is 1. The molecule has 0 aromatic heterocycles. The van der Waals surface area contributed by atoms with Crippen LogP contribution in [-0.2, 0) is 11.3 Å². The molecule has 110 valence electrons. The Morgan fingerprint density at radius 2 is 1.71 bits per heavy atom. The highest BCUT2D eigenvalue weighted by atomic mass is 16.5. The molecule has 0 aliphatic carbocycles. The van der Waals surface area contributed by atoms with E-state index in [9.17, 15) is 4.79 Å². The summed E-state index contributed by atoms with van der Waals surface area (Å²) in [5.41, 5.74) is 6.41. The van der Waals surface area contributed by atoms with E-state index in [4.69, 9.17) is 4.74 Å². The van der Waals surface area contributed by atoms with Crippen LogP contribution in [0, 0.1) is 20.8 Å². The van der Waals surface area contributed by atoms with E-state index in [1.165, 1.54) is 29.4 Å². The maximum Gasteiger partial charge on any atom is 0.339 e. The van der Waals surface area contributed by atoms with Crippen LogP contribution in [0.5, 0.6) is 0 Å². The number of rotatable bonds is 4. The first kappa shape index (κ1) is 15.1. The number of benzene rings is 2. The fourth-order valence-corrected chi connectivity index (χ4v) is 2.33. The van der Waals surface area contributed by atoms with Crippen molar-refractivity contribution in [2.75, 3.05) is 12.4 Å². The fourth-order valence-electron chi connectivity index (χ4n) is 2.33. The number of hydrogen-bond donors (Lipinski definition) is 1. The zero-order valence-electron chi connectivity index (χ0n) is 13.0. The van der Waals surface area contributed by atoms with Crippen LogP contribution >= 0.6 is 0 Å². The number of hydrogen-bond acceptors (Lipinski definition) is 3. The topological polar surface area (TPSA) is 38.3 Å². The molecule has 2 aromatic carbocycles. The second-order valence-electron chi connectivity index (χ2n) is 5.25. The van der Waals surface area contributed by atoms with E-state index in [2.05, 4.69) is 38.2 Å².